The maximum Gasteiger partial charge on any atom is 0.123 e. The van der Waals surface area contributed by atoms with Crippen LogP contribution in [0.25, 0.3) is 6.08 Å². The van der Waals surface area contributed by atoms with Crippen molar-refractivity contribution in [2.75, 3.05) is 6.61 Å². The molecule has 0 aromatic heterocycles. The molecular weight excluding hydrogens is 208 g/mol. The Kier molecular flexibility index (Phi) is 5.82. The largest absolute Gasteiger partial charge is 0.494 e. The Hall–Kier alpha value is -1.24. The Labute approximate surface area is 106 Å². The molecule has 0 saturated carbocycles. The van der Waals surface area contributed by atoms with E-state index in [1.165, 1.54) is 18.4 Å². The van der Waals surface area contributed by atoms with E-state index in [0.717, 1.165) is 24.3 Å². The van der Waals surface area contributed by atoms with Crippen LogP contribution in [0.15, 0.2) is 24.8 Å². The first kappa shape index (κ1) is 13.8. The van der Waals surface area contributed by atoms with Crippen LogP contribution in [-0.2, 0) is 6.42 Å². The lowest BCUT2D eigenvalue weighted by Gasteiger charge is -2.15. The van der Waals surface area contributed by atoms with Gasteiger partial charge in [-0.05, 0) is 36.5 Å². The van der Waals surface area contributed by atoms with E-state index in [-0.39, 0.29) is 0 Å². The number of hydrogen-bond donors (Lipinski definition) is 0. The zero-order valence-electron chi connectivity index (χ0n) is 11.3. The van der Waals surface area contributed by atoms with Gasteiger partial charge in [-0.15, -0.1) is 0 Å². The molecule has 94 valence electrons. The van der Waals surface area contributed by atoms with Crippen molar-refractivity contribution in [3.8, 4) is 5.75 Å². The minimum atomic E-state index is 0.716. The Balaban J connectivity index is 2.85. The van der Waals surface area contributed by atoms with E-state index in [4.69, 9.17) is 4.74 Å². The Morgan fingerprint density at radius 1 is 1.35 bits per heavy atom. The Morgan fingerprint density at radius 3 is 2.71 bits per heavy atom. The molecule has 0 heterocycles. The molecule has 1 aromatic carbocycles. The van der Waals surface area contributed by atoms with Gasteiger partial charge in [-0.1, -0.05) is 51.5 Å². The van der Waals surface area contributed by atoms with Crippen LogP contribution >= 0.6 is 0 Å². The zero-order chi connectivity index (χ0) is 12.7. The van der Waals surface area contributed by atoms with Crippen molar-refractivity contribution < 1.29 is 4.74 Å². The van der Waals surface area contributed by atoms with Crippen molar-refractivity contribution in [2.24, 2.45) is 5.92 Å². The molecule has 1 heteroatoms. The summed E-state index contributed by atoms with van der Waals surface area (Å²) in [5.74, 6) is 1.74. The lowest BCUT2D eigenvalue weighted by molar-refractivity contribution is 0.334. The van der Waals surface area contributed by atoms with E-state index in [1.54, 1.807) is 0 Å². The second-order valence-corrected chi connectivity index (χ2v) is 4.60. The first-order valence-electron chi connectivity index (χ1n) is 6.59. The average Bonchev–Trinajstić information content (AvgIpc) is 2.32. The summed E-state index contributed by atoms with van der Waals surface area (Å²) in [6.45, 7) is 11.1. The van der Waals surface area contributed by atoms with Gasteiger partial charge in [-0.25, -0.2) is 0 Å². The Bertz CT molecular complexity index is 355. The zero-order valence-corrected chi connectivity index (χ0v) is 11.3. The molecule has 1 atom stereocenters. The maximum absolute atomic E-state index is 5.71. The maximum atomic E-state index is 5.71. The number of rotatable bonds is 7. The molecular formula is C16H24O. The second-order valence-electron chi connectivity index (χ2n) is 4.60. The SMILES string of the molecule is C=Cc1ccc(CC(C)CCC)c(OCC)c1. The topological polar surface area (TPSA) is 9.23 Å². The average molecular weight is 232 g/mol. The Morgan fingerprint density at radius 2 is 2.12 bits per heavy atom. The van der Waals surface area contributed by atoms with Gasteiger partial charge in [0.1, 0.15) is 5.75 Å². The molecule has 0 amide bonds. The first-order valence-corrected chi connectivity index (χ1v) is 6.59. The van der Waals surface area contributed by atoms with Crippen molar-refractivity contribution in [3.63, 3.8) is 0 Å². The molecule has 0 aliphatic carbocycles. The monoisotopic (exact) mass is 232 g/mol. The summed E-state index contributed by atoms with van der Waals surface area (Å²) in [5.41, 5.74) is 2.44. The van der Waals surface area contributed by atoms with Crippen LogP contribution in [0.3, 0.4) is 0 Å². The quantitative estimate of drug-likeness (QED) is 0.661. The molecule has 1 nitrogen and oxygen atoms in total. The molecule has 1 aromatic rings. The fourth-order valence-corrected chi connectivity index (χ4v) is 2.13. The predicted molar refractivity (Wildman–Crippen MR) is 75.5 cm³/mol. The van der Waals surface area contributed by atoms with Crippen LogP contribution in [-0.4, -0.2) is 6.61 Å². The van der Waals surface area contributed by atoms with Crippen LogP contribution < -0.4 is 4.74 Å². The lowest BCUT2D eigenvalue weighted by Crippen LogP contribution is -2.03. The fourth-order valence-electron chi connectivity index (χ4n) is 2.13. The number of ether oxygens (including phenoxy) is 1. The molecule has 0 saturated heterocycles. The van der Waals surface area contributed by atoms with E-state index in [0.29, 0.717) is 5.92 Å². The third kappa shape index (κ3) is 4.26. The highest BCUT2D eigenvalue weighted by molar-refractivity contribution is 5.52. The summed E-state index contributed by atoms with van der Waals surface area (Å²) in [6.07, 6.45) is 5.48. The van der Waals surface area contributed by atoms with Crippen LogP contribution in [0, 0.1) is 5.92 Å². The summed E-state index contributed by atoms with van der Waals surface area (Å²) < 4.78 is 5.71. The van der Waals surface area contributed by atoms with Crippen molar-refractivity contribution in [2.45, 2.75) is 40.0 Å². The summed E-state index contributed by atoms with van der Waals surface area (Å²) in [4.78, 5) is 0. The van der Waals surface area contributed by atoms with Crippen LogP contribution in [0.4, 0.5) is 0 Å². The van der Waals surface area contributed by atoms with Crippen LogP contribution in [0.1, 0.15) is 44.7 Å². The number of hydrogen-bond acceptors (Lipinski definition) is 1. The minimum Gasteiger partial charge on any atom is -0.494 e. The van der Waals surface area contributed by atoms with Crippen molar-refractivity contribution in [1.82, 2.24) is 0 Å². The van der Waals surface area contributed by atoms with Gasteiger partial charge in [0.05, 0.1) is 6.61 Å². The summed E-state index contributed by atoms with van der Waals surface area (Å²) in [6, 6.07) is 6.38. The molecule has 1 unspecified atom stereocenters. The van der Waals surface area contributed by atoms with Gasteiger partial charge in [0.25, 0.3) is 0 Å². The molecule has 0 aliphatic rings. The number of benzene rings is 1. The van der Waals surface area contributed by atoms with Crippen molar-refractivity contribution in [3.05, 3.63) is 35.9 Å². The third-order valence-corrected chi connectivity index (χ3v) is 2.98. The highest BCUT2D eigenvalue weighted by atomic mass is 16.5. The molecule has 17 heavy (non-hydrogen) atoms. The van der Waals surface area contributed by atoms with Crippen LogP contribution in [0.2, 0.25) is 0 Å². The second kappa shape index (κ2) is 7.16. The smallest absolute Gasteiger partial charge is 0.123 e. The van der Waals surface area contributed by atoms with Crippen LogP contribution in [0.5, 0.6) is 5.75 Å². The molecule has 1 rings (SSSR count). The van der Waals surface area contributed by atoms with Crippen molar-refractivity contribution in [1.29, 1.82) is 0 Å². The predicted octanol–water partition coefficient (Wildman–Crippen LogP) is 4.71. The molecule has 0 N–H and O–H groups in total. The molecule has 0 aliphatic heterocycles. The summed E-state index contributed by atoms with van der Waals surface area (Å²) in [7, 11) is 0. The molecule has 0 bridgehead atoms. The molecule has 0 radical (unpaired) electrons. The molecule has 0 fully saturated rings. The van der Waals surface area contributed by atoms with Gasteiger partial charge in [-0.3, -0.25) is 0 Å². The standard InChI is InChI=1S/C16H24O/c1-5-8-13(4)11-15-10-9-14(6-2)12-16(15)17-7-3/h6,9-10,12-13H,2,5,7-8,11H2,1,3-4H3. The third-order valence-electron chi connectivity index (χ3n) is 2.98. The van der Waals surface area contributed by atoms with Gasteiger partial charge in [0.15, 0.2) is 0 Å². The summed E-state index contributed by atoms with van der Waals surface area (Å²) in [5, 5.41) is 0. The van der Waals surface area contributed by atoms with Gasteiger partial charge < -0.3 is 4.74 Å². The van der Waals surface area contributed by atoms with Gasteiger partial charge in [0, 0.05) is 0 Å². The lowest BCUT2D eigenvalue weighted by atomic mass is 9.95. The van der Waals surface area contributed by atoms with E-state index in [2.05, 4.69) is 38.6 Å². The van der Waals surface area contributed by atoms with E-state index in [1.807, 2.05) is 13.0 Å². The first-order chi connectivity index (χ1) is 8.21. The minimum absolute atomic E-state index is 0.716. The fraction of sp³-hybridized carbons (Fsp3) is 0.500. The van der Waals surface area contributed by atoms with Gasteiger partial charge in [0.2, 0.25) is 0 Å². The highest BCUT2D eigenvalue weighted by Crippen LogP contribution is 2.25. The molecule has 0 spiro atoms. The highest BCUT2D eigenvalue weighted by Gasteiger charge is 2.08. The van der Waals surface area contributed by atoms with Crippen molar-refractivity contribution >= 4 is 6.08 Å². The van der Waals surface area contributed by atoms with Gasteiger partial charge >= 0.3 is 0 Å². The van der Waals surface area contributed by atoms with Gasteiger partial charge in [-0.2, -0.15) is 0 Å². The van der Waals surface area contributed by atoms with E-state index >= 15 is 0 Å². The van der Waals surface area contributed by atoms with E-state index in [9.17, 15) is 0 Å². The summed E-state index contributed by atoms with van der Waals surface area (Å²) >= 11 is 0. The normalized spacial score (nSPS) is 12.2. The van der Waals surface area contributed by atoms with E-state index < -0.39 is 0 Å².